The first-order valence-corrected chi connectivity index (χ1v) is 8.25. The van der Waals surface area contributed by atoms with Crippen LogP contribution in [0.1, 0.15) is 22.3 Å². The van der Waals surface area contributed by atoms with Crippen LogP contribution in [0.5, 0.6) is 0 Å². The summed E-state index contributed by atoms with van der Waals surface area (Å²) in [7, 11) is 0. The number of hydrogen-bond donors (Lipinski definition) is 2. The van der Waals surface area contributed by atoms with Gasteiger partial charge in [-0.15, -0.1) is 0 Å². The van der Waals surface area contributed by atoms with Crippen LogP contribution in [-0.2, 0) is 14.4 Å². The third-order valence-corrected chi connectivity index (χ3v) is 3.59. The zero-order valence-corrected chi connectivity index (χ0v) is 15.4. The highest BCUT2D eigenvalue weighted by Crippen LogP contribution is 2.15. The van der Waals surface area contributed by atoms with E-state index < -0.39 is 5.91 Å². The number of carbonyl (C=O) groups is 2. The highest BCUT2D eigenvalue weighted by molar-refractivity contribution is 6.31. The molecule has 6 nitrogen and oxygen atoms in total. The molecule has 0 aliphatic carbocycles. The van der Waals surface area contributed by atoms with Crippen molar-refractivity contribution in [2.75, 3.05) is 17.2 Å². The van der Waals surface area contributed by atoms with Gasteiger partial charge in [0.2, 0.25) is 0 Å². The number of rotatable bonds is 6. The van der Waals surface area contributed by atoms with E-state index in [9.17, 15) is 9.59 Å². The number of aryl methyl sites for hydroxylation is 4. The summed E-state index contributed by atoms with van der Waals surface area (Å²) in [6.45, 7) is 7.53. The smallest absolute Gasteiger partial charge is 0.270 e. The lowest BCUT2D eigenvalue weighted by Gasteiger charge is -2.07. The number of anilines is 2. The van der Waals surface area contributed by atoms with Crippen molar-refractivity contribution in [2.24, 2.45) is 5.16 Å². The fourth-order valence-corrected chi connectivity index (χ4v) is 2.54. The summed E-state index contributed by atoms with van der Waals surface area (Å²) < 4.78 is 0. The number of nitrogens with zero attached hydrogens (tertiary/aromatic N) is 1. The number of nitrogens with one attached hydrogen (secondary N) is 2. The molecule has 0 saturated heterocycles. The second kappa shape index (κ2) is 8.80. The standard InChI is InChI=1S/C20H23N3O3/c1-13-5-6-18(16(4)8-13)23-19(24)11-21-26-12-20(25)22-17-9-14(2)7-15(3)10-17/h5-11H,12H2,1-4H3,(H,22,25)(H,23,24)/b21-11-. The van der Waals surface area contributed by atoms with Gasteiger partial charge in [-0.3, -0.25) is 9.59 Å². The molecule has 2 N–H and O–H groups in total. The Morgan fingerprint density at radius 2 is 1.65 bits per heavy atom. The average Bonchev–Trinajstić information content (AvgIpc) is 2.53. The molecule has 0 atom stereocenters. The summed E-state index contributed by atoms with van der Waals surface area (Å²) in [6, 6.07) is 11.5. The van der Waals surface area contributed by atoms with E-state index in [1.807, 2.05) is 64.1 Å². The second-order valence-corrected chi connectivity index (χ2v) is 6.24. The summed E-state index contributed by atoms with van der Waals surface area (Å²) in [4.78, 5) is 28.5. The number of amides is 2. The quantitative estimate of drug-likeness (QED) is 0.616. The molecule has 2 aromatic carbocycles. The van der Waals surface area contributed by atoms with Crippen LogP contribution in [0.3, 0.4) is 0 Å². The van der Waals surface area contributed by atoms with E-state index in [4.69, 9.17) is 4.84 Å². The molecule has 136 valence electrons. The molecule has 0 spiro atoms. The van der Waals surface area contributed by atoms with Gasteiger partial charge < -0.3 is 15.5 Å². The molecule has 2 rings (SSSR count). The van der Waals surface area contributed by atoms with Crippen LogP contribution < -0.4 is 10.6 Å². The Kier molecular flexibility index (Phi) is 6.49. The van der Waals surface area contributed by atoms with Crippen molar-refractivity contribution in [3.63, 3.8) is 0 Å². The lowest BCUT2D eigenvalue weighted by Crippen LogP contribution is -2.18. The van der Waals surface area contributed by atoms with Gasteiger partial charge in [-0.1, -0.05) is 28.9 Å². The number of carbonyl (C=O) groups excluding carboxylic acids is 2. The normalized spacial score (nSPS) is 10.6. The van der Waals surface area contributed by atoms with Gasteiger partial charge in [-0.05, 0) is 62.6 Å². The molecule has 0 radical (unpaired) electrons. The van der Waals surface area contributed by atoms with Crippen LogP contribution in [0.25, 0.3) is 0 Å². The fourth-order valence-electron chi connectivity index (χ4n) is 2.54. The summed E-state index contributed by atoms with van der Waals surface area (Å²) in [6.07, 6.45) is 1.00. The number of oxime groups is 1. The monoisotopic (exact) mass is 353 g/mol. The molecule has 0 saturated carbocycles. The molecule has 0 aliphatic heterocycles. The Morgan fingerprint density at radius 1 is 0.962 bits per heavy atom. The van der Waals surface area contributed by atoms with Crippen LogP contribution in [0.15, 0.2) is 41.6 Å². The summed E-state index contributed by atoms with van der Waals surface area (Å²) in [5.41, 5.74) is 5.60. The van der Waals surface area contributed by atoms with Gasteiger partial charge in [0.05, 0.1) is 0 Å². The van der Waals surface area contributed by atoms with Gasteiger partial charge in [-0.25, -0.2) is 0 Å². The maximum absolute atomic E-state index is 11.8. The Balaban J connectivity index is 1.79. The molecule has 0 bridgehead atoms. The maximum atomic E-state index is 11.8. The SMILES string of the molecule is Cc1cc(C)cc(NC(=O)CO/N=C\C(=O)Nc2ccc(C)cc2C)c1. The van der Waals surface area contributed by atoms with Crippen molar-refractivity contribution in [3.8, 4) is 0 Å². The maximum Gasteiger partial charge on any atom is 0.270 e. The third-order valence-electron chi connectivity index (χ3n) is 3.59. The minimum Gasteiger partial charge on any atom is -0.385 e. The molecule has 0 heterocycles. The summed E-state index contributed by atoms with van der Waals surface area (Å²) in [5.74, 6) is -0.770. The lowest BCUT2D eigenvalue weighted by atomic mass is 10.1. The molecule has 26 heavy (non-hydrogen) atoms. The van der Waals surface area contributed by atoms with Crippen LogP contribution in [-0.4, -0.2) is 24.6 Å². The third kappa shape index (κ3) is 6.05. The molecule has 6 heteroatoms. The first-order chi connectivity index (χ1) is 12.3. The zero-order valence-electron chi connectivity index (χ0n) is 15.4. The van der Waals surface area contributed by atoms with E-state index in [-0.39, 0.29) is 12.5 Å². The van der Waals surface area contributed by atoms with Crippen molar-refractivity contribution < 1.29 is 14.4 Å². The minimum absolute atomic E-state index is 0.277. The number of hydrogen-bond acceptors (Lipinski definition) is 4. The average molecular weight is 353 g/mol. The van der Waals surface area contributed by atoms with Crippen molar-refractivity contribution >= 4 is 29.4 Å². The van der Waals surface area contributed by atoms with Crippen LogP contribution in [0.2, 0.25) is 0 Å². The largest absolute Gasteiger partial charge is 0.385 e. The Labute approximate surface area is 153 Å². The van der Waals surface area contributed by atoms with Crippen LogP contribution in [0.4, 0.5) is 11.4 Å². The van der Waals surface area contributed by atoms with E-state index in [0.29, 0.717) is 11.4 Å². The predicted octanol–water partition coefficient (Wildman–Crippen LogP) is 3.50. The molecule has 0 unspecified atom stereocenters. The highest BCUT2D eigenvalue weighted by atomic mass is 16.6. The van der Waals surface area contributed by atoms with E-state index >= 15 is 0 Å². The van der Waals surface area contributed by atoms with Gasteiger partial charge in [-0.2, -0.15) is 0 Å². The lowest BCUT2D eigenvalue weighted by molar-refractivity contribution is -0.120. The zero-order chi connectivity index (χ0) is 19.1. The van der Waals surface area contributed by atoms with E-state index in [1.165, 1.54) is 0 Å². The van der Waals surface area contributed by atoms with E-state index in [0.717, 1.165) is 28.5 Å². The van der Waals surface area contributed by atoms with Crippen LogP contribution in [0, 0.1) is 27.7 Å². The molecule has 2 aromatic rings. The van der Waals surface area contributed by atoms with Crippen LogP contribution >= 0.6 is 0 Å². The molecule has 0 fully saturated rings. The Bertz CT molecular complexity index is 824. The first kappa shape index (κ1) is 19.2. The van der Waals surface area contributed by atoms with Crippen molar-refractivity contribution in [3.05, 3.63) is 58.7 Å². The molecular weight excluding hydrogens is 330 g/mol. The van der Waals surface area contributed by atoms with E-state index in [2.05, 4.69) is 15.8 Å². The van der Waals surface area contributed by atoms with Gasteiger partial charge in [0.15, 0.2) is 6.61 Å². The Hall–Kier alpha value is -3.15. The van der Waals surface area contributed by atoms with Crippen molar-refractivity contribution in [1.29, 1.82) is 0 Å². The summed E-state index contributed by atoms with van der Waals surface area (Å²) >= 11 is 0. The van der Waals surface area contributed by atoms with Crippen molar-refractivity contribution in [2.45, 2.75) is 27.7 Å². The van der Waals surface area contributed by atoms with Crippen molar-refractivity contribution in [1.82, 2.24) is 0 Å². The van der Waals surface area contributed by atoms with Gasteiger partial charge in [0.25, 0.3) is 11.8 Å². The summed E-state index contributed by atoms with van der Waals surface area (Å²) in [5, 5.41) is 8.97. The molecular formula is C20H23N3O3. The van der Waals surface area contributed by atoms with E-state index in [1.54, 1.807) is 0 Å². The highest BCUT2D eigenvalue weighted by Gasteiger charge is 2.05. The molecule has 0 aliphatic rings. The first-order valence-electron chi connectivity index (χ1n) is 8.25. The number of benzene rings is 2. The minimum atomic E-state index is -0.424. The predicted molar refractivity (Wildman–Crippen MR) is 104 cm³/mol. The van der Waals surface area contributed by atoms with Gasteiger partial charge in [0, 0.05) is 11.4 Å². The fraction of sp³-hybridized carbons (Fsp3) is 0.250. The topological polar surface area (TPSA) is 79.8 Å². The molecule has 0 aromatic heterocycles. The van der Waals surface area contributed by atoms with Gasteiger partial charge >= 0.3 is 0 Å². The molecule has 2 amide bonds. The van der Waals surface area contributed by atoms with Gasteiger partial charge in [0.1, 0.15) is 6.21 Å². The second-order valence-electron chi connectivity index (χ2n) is 6.24. The Morgan fingerprint density at radius 3 is 2.31 bits per heavy atom.